The molecule has 0 fully saturated rings. The monoisotopic (exact) mass is 427 g/mol. The fourth-order valence-corrected chi connectivity index (χ4v) is 3.52. The summed E-state index contributed by atoms with van der Waals surface area (Å²) in [5, 5.41) is 3.03. The van der Waals surface area contributed by atoms with Gasteiger partial charge in [0, 0.05) is 18.7 Å². The topological polar surface area (TPSA) is 83.8 Å². The molecule has 1 unspecified atom stereocenters. The highest BCUT2D eigenvalue weighted by molar-refractivity contribution is 5.96. The SMILES string of the molecule is CCOCCn1c(C(C)NC(=O)c2cc(OC)c(OC)c(OC)c2)nc2ccccc21. The zero-order valence-corrected chi connectivity index (χ0v) is 18.6. The van der Waals surface area contributed by atoms with Crippen molar-refractivity contribution in [1.82, 2.24) is 14.9 Å². The number of hydrogen-bond donors (Lipinski definition) is 1. The van der Waals surface area contributed by atoms with E-state index in [1.165, 1.54) is 21.3 Å². The Bertz CT molecular complexity index is 1020. The van der Waals surface area contributed by atoms with Crippen molar-refractivity contribution >= 4 is 16.9 Å². The molecule has 166 valence electrons. The number of carbonyl (C=O) groups excluding carboxylic acids is 1. The smallest absolute Gasteiger partial charge is 0.252 e. The number of nitrogens with zero attached hydrogens (tertiary/aromatic N) is 2. The summed E-state index contributed by atoms with van der Waals surface area (Å²) in [6.45, 7) is 5.74. The summed E-state index contributed by atoms with van der Waals surface area (Å²) in [6.07, 6.45) is 0. The number of imidazole rings is 1. The summed E-state index contributed by atoms with van der Waals surface area (Å²) in [5.41, 5.74) is 2.28. The van der Waals surface area contributed by atoms with Gasteiger partial charge in [0.05, 0.1) is 45.0 Å². The van der Waals surface area contributed by atoms with Gasteiger partial charge in [0.2, 0.25) is 5.75 Å². The van der Waals surface area contributed by atoms with Crippen molar-refractivity contribution in [2.45, 2.75) is 26.4 Å². The van der Waals surface area contributed by atoms with Crippen molar-refractivity contribution in [2.24, 2.45) is 0 Å². The molecule has 1 atom stereocenters. The van der Waals surface area contributed by atoms with Crippen LogP contribution in [0.5, 0.6) is 17.2 Å². The van der Waals surface area contributed by atoms with Crippen LogP contribution < -0.4 is 19.5 Å². The highest BCUT2D eigenvalue weighted by atomic mass is 16.5. The first-order valence-electron chi connectivity index (χ1n) is 10.2. The van der Waals surface area contributed by atoms with E-state index in [2.05, 4.69) is 9.88 Å². The quantitative estimate of drug-likeness (QED) is 0.498. The molecule has 8 nitrogen and oxygen atoms in total. The summed E-state index contributed by atoms with van der Waals surface area (Å²) in [5.74, 6) is 1.77. The third-order valence-corrected chi connectivity index (χ3v) is 5.01. The van der Waals surface area contributed by atoms with Crippen LogP contribution in [-0.2, 0) is 11.3 Å². The molecule has 0 saturated heterocycles. The lowest BCUT2D eigenvalue weighted by Gasteiger charge is -2.18. The second kappa shape index (κ2) is 10.2. The van der Waals surface area contributed by atoms with Crippen LogP contribution in [-0.4, -0.2) is 50.0 Å². The van der Waals surface area contributed by atoms with Gasteiger partial charge < -0.3 is 28.8 Å². The number of carbonyl (C=O) groups is 1. The number of benzene rings is 2. The standard InChI is InChI=1S/C23H29N3O5/c1-6-31-12-11-26-18-10-8-7-9-17(18)25-22(26)15(2)24-23(27)16-13-19(28-3)21(30-5)20(14-16)29-4/h7-10,13-15H,6,11-12H2,1-5H3,(H,24,27). The van der Waals surface area contributed by atoms with Crippen LogP contribution in [0.25, 0.3) is 11.0 Å². The van der Waals surface area contributed by atoms with Crippen molar-refractivity contribution in [3.63, 3.8) is 0 Å². The van der Waals surface area contributed by atoms with Gasteiger partial charge in [0.15, 0.2) is 11.5 Å². The Balaban J connectivity index is 1.89. The van der Waals surface area contributed by atoms with E-state index >= 15 is 0 Å². The van der Waals surface area contributed by atoms with Gasteiger partial charge in [-0.1, -0.05) is 12.1 Å². The maximum absolute atomic E-state index is 13.0. The lowest BCUT2D eigenvalue weighted by molar-refractivity contribution is 0.0936. The molecule has 0 radical (unpaired) electrons. The summed E-state index contributed by atoms with van der Waals surface area (Å²) >= 11 is 0. The van der Waals surface area contributed by atoms with Gasteiger partial charge in [0.25, 0.3) is 5.91 Å². The minimum Gasteiger partial charge on any atom is -0.493 e. The van der Waals surface area contributed by atoms with Crippen LogP contribution in [0.1, 0.15) is 36.1 Å². The molecular formula is C23H29N3O5. The third-order valence-electron chi connectivity index (χ3n) is 5.01. The molecule has 0 aliphatic heterocycles. The Morgan fingerprint density at radius 3 is 2.39 bits per heavy atom. The summed E-state index contributed by atoms with van der Waals surface area (Å²) < 4.78 is 23.7. The van der Waals surface area contributed by atoms with Crippen LogP contribution >= 0.6 is 0 Å². The third kappa shape index (κ3) is 4.74. The average Bonchev–Trinajstić information content (AvgIpc) is 3.16. The lowest BCUT2D eigenvalue weighted by atomic mass is 10.1. The number of nitrogens with one attached hydrogen (secondary N) is 1. The van der Waals surface area contributed by atoms with Crippen LogP contribution in [0.3, 0.4) is 0 Å². The first-order valence-corrected chi connectivity index (χ1v) is 10.2. The molecule has 1 N–H and O–H groups in total. The molecule has 0 aliphatic rings. The Morgan fingerprint density at radius 1 is 1.10 bits per heavy atom. The summed E-state index contributed by atoms with van der Waals surface area (Å²) in [4.78, 5) is 17.8. The number of fused-ring (bicyclic) bond motifs is 1. The number of methoxy groups -OCH3 is 3. The predicted octanol–water partition coefficient (Wildman–Crippen LogP) is 3.59. The van der Waals surface area contributed by atoms with Crippen LogP contribution in [0.4, 0.5) is 0 Å². The van der Waals surface area contributed by atoms with E-state index in [4.69, 9.17) is 23.9 Å². The molecule has 0 aliphatic carbocycles. The van der Waals surface area contributed by atoms with Gasteiger partial charge >= 0.3 is 0 Å². The van der Waals surface area contributed by atoms with E-state index < -0.39 is 0 Å². The minimum atomic E-state index is -0.333. The number of para-hydroxylation sites is 2. The lowest BCUT2D eigenvalue weighted by Crippen LogP contribution is -2.29. The van der Waals surface area contributed by atoms with E-state index in [9.17, 15) is 4.79 Å². The van der Waals surface area contributed by atoms with Crippen LogP contribution in [0.2, 0.25) is 0 Å². The second-order valence-electron chi connectivity index (χ2n) is 6.92. The summed E-state index contributed by atoms with van der Waals surface area (Å²) in [7, 11) is 4.56. The first kappa shape index (κ1) is 22.4. The first-order chi connectivity index (χ1) is 15.0. The zero-order valence-electron chi connectivity index (χ0n) is 18.6. The van der Waals surface area contributed by atoms with Gasteiger partial charge in [-0.05, 0) is 38.1 Å². The van der Waals surface area contributed by atoms with E-state index in [1.54, 1.807) is 12.1 Å². The Hall–Kier alpha value is -3.26. The minimum absolute atomic E-state index is 0.268. The van der Waals surface area contributed by atoms with Gasteiger partial charge in [-0.15, -0.1) is 0 Å². The normalized spacial score (nSPS) is 11.9. The molecule has 3 aromatic rings. The molecule has 1 aromatic heterocycles. The van der Waals surface area contributed by atoms with Gasteiger partial charge in [-0.2, -0.15) is 0 Å². The molecule has 1 heterocycles. The van der Waals surface area contributed by atoms with Crippen molar-refractivity contribution < 1.29 is 23.7 Å². The molecule has 3 rings (SSSR count). The van der Waals surface area contributed by atoms with Crippen molar-refractivity contribution in [3.05, 3.63) is 47.8 Å². The number of ether oxygens (including phenoxy) is 4. The predicted molar refractivity (Wildman–Crippen MR) is 118 cm³/mol. The fraction of sp³-hybridized carbons (Fsp3) is 0.391. The van der Waals surface area contributed by atoms with E-state index in [-0.39, 0.29) is 11.9 Å². The molecule has 8 heteroatoms. The molecule has 0 saturated carbocycles. The highest BCUT2D eigenvalue weighted by Gasteiger charge is 2.21. The maximum Gasteiger partial charge on any atom is 0.252 e. The Morgan fingerprint density at radius 2 is 1.77 bits per heavy atom. The van der Waals surface area contributed by atoms with E-state index in [0.717, 1.165) is 16.9 Å². The van der Waals surface area contributed by atoms with E-state index in [0.29, 0.717) is 42.6 Å². The zero-order chi connectivity index (χ0) is 22.4. The molecule has 1 amide bonds. The Labute approximate surface area is 182 Å². The molecule has 2 aromatic carbocycles. The number of rotatable bonds is 10. The van der Waals surface area contributed by atoms with Gasteiger partial charge in [0.1, 0.15) is 5.82 Å². The van der Waals surface area contributed by atoms with Crippen molar-refractivity contribution in [3.8, 4) is 17.2 Å². The second-order valence-corrected chi connectivity index (χ2v) is 6.92. The maximum atomic E-state index is 13.0. The fourth-order valence-electron chi connectivity index (χ4n) is 3.52. The Kier molecular flexibility index (Phi) is 7.36. The number of amides is 1. The number of aromatic nitrogens is 2. The van der Waals surface area contributed by atoms with Crippen LogP contribution in [0.15, 0.2) is 36.4 Å². The van der Waals surface area contributed by atoms with Crippen LogP contribution in [0, 0.1) is 0 Å². The molecule has 0 spiro atoms. The molecule has 0 bridgehead atoms. The van der Waals surface area contributed by atoms with E-state index in [1.807, 2.05) is 38.1 Å². The average molecular weight is 428 g/mol. The highest BCUT2D eigenvalue weighted by Crippen LogP contribution is 2.38. The van der Waals surface area contributed by atoms with Gasteiger partial charge in [-0.3, -0.25) is 4.79 Å². The van der Waals surface area contributed by atoms with Crippen molar-refractivity contribution in [1.29, 1.82) is 0 Å². The molecular weight excluding hydrogens is 398 g/mol. The summed E-state index contributed by atoms with van der Waals surface area (Å²) in [6, 6.07) is 10.8. The molecule has 31 heavy (non-hydrogen) atoms. The largest absolute Gasteiger partial charge is 0.493 e. The van der Waals surface area contributed by atoms with Gasteiger partial charge in [-0.25, -0.2) is 4.98 Å². The number of hydrogen-bond acceptors (Lipinski definition) is 6. The van der Waals surface area contributed by atoms with Crippen molar-refractivity contribution in [2.75, 3.05) is 34.5 Å².